The number of amides is 1. The molecule has 108 valence electrons. The van der Waals surface area contributed by atoms with Gasteiger partial charge in [0.05, 0.1) is 13.2 Å². The fourth-order valence-corrected chi connectivity index (χ4v) is 2.11. The van der Waals surface area contributed by atoms with Crippen molar-refractivity contribution in [1.82, 2.24) is 5.32 Å². The number of hydrogen-bond acceptors (Lipinski definition) is 2. The smallest absolute Gasteiger partial charge is 0.251 e. The van der Waals surface area contributed by atoms with Crippen molar-refractivity contribution < 1.29 is 9.53 Å². The predicted molar refractivity (Wildman–Crippen MR) is 84.5 cm³/mol. The summed E-state index contributed by atoms with van der Waals surface area (Å²) >= 11 is 0. The van der Waals surface area contributed by atoms with E-state index in [0.29, 0.717) is 12.0 Å². The zero-order valence-electron chi connectivity index (χ0n) is 12.1. The van der Waals surface area contributed by atoms with E-state index < -0.39 is 0 Å². The molecule has 0 aliphatic rings. The van der Waals surface area contributed by atoms with E-state index in [4.69, 9.17) is 4.74 Å². The van der Waals surface area contributed by atoms with E-state index in [2.05, 4.69) is 11.9 Å². The van der Waals surface area contributed by atoms with Crippen molar-refractivity contribution >= 4 is 5.91 Å². The Morgan fingerprint density at radius 2 is 1.86 bits per heavy atom. The Hall–Kier alpha value is -2.55. The minimum absolute atomic E-state index is 0.0849. The third kappa shape index (κ3) is 3.96. The van der Waals surface area contributed by atoms with Gasteiger partial charge in [-0.1, -0.05) is 36.4 Å². The molecule has 2 aromatic rings. The summed E-state index contributed by atoms with van der Waals surface area (Å²) in [6.07, 6.45) is 2.48. The number of carbonyl (C=O) groups excluding carboxylic acids is 1. The van der Waals surface area contributed by atoms with Gasteiger partial charge in [0.1, 0.15) is 5.75 Å². The maximum Gasteiger partial charge on any atom is 0.251 e. The average molecular weight is 281 g/mol. The highest BCUT2D eigenvalue weighted by atomic mass is 16.5. The quantitative estimate of drug-likeness (QED) is 0.819. The molecule has 0 saturated heterocycles. The van der Waals surface area contributed by atoms with Crippen molar-refractivity contribution in [1.29, 1.82) is 0 Å². The highest BCUT2D eigenvalue weighted by Gasteiger charge is 2.14. The number of benzene rings is 2. The maximum absolute atomic E-state index is 12.3. The highest BCUT2D eigenvalue weighted by molar-refractivity contribution is 5.94. The summed E-state index contributed by atoms with van der Waals surface area (Å²) in [4.78, 5) is 12.3. The van der Waals surface area contributed by atoms with E-state index in [9.17, 15) is 4.79 Å². The zero-order valence-corrected chi connectivity index (χ0v) is 12.1. The summed E-state index contributed by atoms with van der Waals surface area (Å²) in [6.45, 7) is 3.76. The van der Waals surface area contributed by atoms with Crippen molar-refractivity contribution in [3.8, 4) is 5.75 Å². The summed E-state index contributed by atoms with van der Waals surface area (Å²) in [5, 5.41) is 3.04. The number of carbonyl (C=O) groups is 1. The van der Waals surface area contributed by atoms with Crippen LogP contribution in [0.15, 0.2) is 67.3 Å². The molecule has 0 fully saturated rings. The lowest BCUT2D eigenvalue weighted by Gasteiger charge is -2.18. The molecule has 0 bridgehead atoms. The van der Waals surface area contributed by atoms with Crippen molar-refractivity contribution in [3.63, 3.8) is 0 Å². The minimum atomic E-state index is -0.0962. The Bertz CT molecular complexity index is 590. The highest BCUT2D eigenvalue weighted by Crippen LogP contribution is 2.21. The lowest BCUT2D eigenvalue weighted by Crippen LogP contribution is -2.28. The molecule has 0 heterocycles. The van der Waals surface area contributed by atoms with Crippen molar-refractivity contribution in [2.24, 2.45) is 0 Å². The molecule has 1 atom stereocenters. The van der Waals surface area contributed by atoms with Gasteiger partial charge in [-0.15, -0.1) is 6.58 Å². The monoisotopic (exact) mass is 281 g/mol. The number of methoxy groups -OCH3 is 1. The molecule has 0 radical (unpaired) electrons. The van der Waals surface area contributed by atoms with Gasteiger partial charge >= 0.3 is 0 Å². The Morgan fingerprint density at radius 1 is 1.19 bits per heavy atom. The first kappa shape index (κ1) is 14.9. The molecule has 0 unspecified atom stereocenters. The molecule has 2 rings (SSSR count). The first-order chi connectivity index (χ1) is 10.2. The standard InChI is InChI=1S/C18H19NO2/c1-3-7-17(14-10-12-16(21-2)13-11-14)19-18(20)15-8-5-4-6-9-15/h3-6,8-13,17H,1,7H2,2H3,(H,19,20)/t17-/m1/s1. The third-order valence-electron chi connectivity index (χ3n) is 3.26. The predicted octanol–water partition coefficient (Wildman–Crippen LogP) is 3.74. The fraction of sp³-hybridized carbons (Fsp3) is 0.167. The lowest BCUT2D eigenvalue weighted by molar-refractivity contribution is 0.0937. The molecule has 1 N–H and O–H groups in total. The second-order valence-corrected chi connectivity index (χ2v) is 4.69. The molecule has 0 aliphatic heterocycles. The maximum atomic E-state index is 12.3. The van der Waals surface area contributed by atoms with Crippen LogP contribution in [0.4, 0.5) is 0 Å². The van der Waals surface area contributed by atoms with E-state index in [1.54, 1.807) is 25.3 Å². The second kappa shape index (κ2) is 7.29. The summed E-state index contributed by atoms with van der Waals surface area (Å²) < 4.78 is 5.15. The van der Waals surface area contributed by atoms with Crippen molar-refractivity contribution in [3.05, 3.63) is 78.4 Å². The number of hydrogen-bond donors (Lipinski definition) is 1. The average Bonchev–Trinajstić information content (AvgIpc) is 2.55. The van der Waals surface area contributed by atoms with Crippen LogP contribution in [-0.4, -0.2) is 13.0 Å². The van der Waals surface area contributed by atoms with Crippen molar-refractivity contribution in [2.75, 3.05) is 7.11 Å². The summed E-state index contributed by atoms with van der Waals surface area (Å²) in [5.41, 5.74) is 1.68. The van der Waals surface area contributed by atoms with Crippen LogP contribution >= 0.6 is 0 Å². The molecule has 21 heavy (non-hydrogen) atoms. The number of rotatable bonds is 6. The van der Waals surface area contributed by atoms with E-state index in [0.717, 1.165) is 11.3 Å². The number of nitrogens with one attached hydrogen (secondary N) is 1. The van der Waals surface area contributed by atoms with Crippen LogP contribution in [0.5, 0.6) is 5.75 Å². The molecule has 0 aromatic heterocycles. The van der Waals surface area contributed by atoms with Gasteiger partial charge in [-0.05, 0) is 36.2 Å². The molecule has 2 aromatic carbocycles. The molecular weight excluding hydrogens is 262 g/mol. The molecule has 0 saturated carbocycles. The van der Waals surface area contributed by atoms with Crippen LogP contribution in [0.3, 0.4) is 0 Å². The summed E-state index contributed by atoms with van der Waals surface area (Å²) in [5.74, 6) is 0.712. The molecule has 3 heteroatoms. The Kier molecular flexibility index (Phi) is 5.16. The van der Waals surface area contributed by atoms with Crippen LogP contribution in [0.25, 0.3) is 0 Å². The number of ether oxygens (including phenoxy) is 1. The summed E-state index contributed by atoms with van der Waals surface area (Å²) in [7, 11) is 1.63. The van der Waals surface area contributed by atoms with Crippen LogP contribution in [0, 0.1) is 0 Å². The van der Waals surface area contributed by atoms with Crippen LogP contribution < -0.4 is 10.1 Å². The Morgan fingerprint density at radius 3 is 2.43 bits per heavy atom. The van der Waals surface area contributed by atoms with E-state index >= 15 is 0 Å². The first-order valence-corrected chi connectivity index (χ1v) is 6.85. The van der Waals surface area contributed by atoms with Gasteiger partial charge in [-0.2, -0.15) is 0 Å². The zero-order chi connectivity index (χ0) is 15.1. The van der Waals surface area contributed by atoms with E-state index in [-0.39, 0.29) is 11.9 Å². The van der Waals surface area contributed by atoms with Gasteiger partial charge < -0.3 is 10.1 Å². The SMILES string of the molecule is C=CC[C@@H](NC(=O)c1ccccc1)c1ccc(OC)cc1. The Balaban J connectivity index is 2.14. The lowest BCUT2D eigenvalue weighted by atomic mass is 10.0. The van der Waals surface area contributed by atoms with Crippen LogP contribution in [-0.2, 0) is 0 Å². The van der Waals surface area contributed by atoms with Gasteiger partial charge in [0.25, 0.3) is 5.91 Å². The van der Waals surface area contributed by atoms with Crippen LogP contribution in [0.1, 0.15) is 28.4 Å². The normalized spacial score (nSPS) is 11.5. The third-order valence-corrected chi connectivity index (χ3v) is 3.26. The van der Waals surface area contributed by atoms with Gasteiger partial charge in [0, 0.05) is 5.56 Å². The topological polar surface area (TPSA) is 38.3 Å². The van der Waals surface area contributed by atoms with Crippen molar-refractivity contribution in [2.45, 2.75) is 12.5 Å². The second-order valence-electron chi connectivity index (χ2n) is 4.69. The largest absolute Gasteiger partial charge is 0.497 e. The molecule has 0 spiro atoms. The minimum Gasteiger partial charge on any atom is -0.497 e. The molecular formula is C18H19NO2. The van der Waals surface area contributed by atoms with Gasteiger partial charge in [0.15, 0.2) is 0 Å². The van der Waals surface area contributed by atoms with Crippen LogP contribution in [0.2, 0.25) is 0 Å². The molecule has 1 amide bonds. The van der Waals surface area contributed by atoms with Gasteiger partial charge in [-0.25, -0.2) is 0 Å². The fourth-order valence-electron chi connectivity index (χ4n) is 2.11. The molecule has 0 aliphatic carbocycles. The Labute approximate surface area is 125 Å². The van der Waals surface area contributed by atoms with E-state index in [1.165, 1.54) is 0 Å². The first-order valence-electron chi connectivity index (χ1n) is 6.85. The molecule has 3 nitrogen and oxygen atoms in total. The van der Waals surface area contributed by atoms with Gasteiger partial charge in [-0.3, -0.25) is 4.79 Å². The van der Waals surface area contributed by atoms with E-state index in [1.807, 2.05) is 42.5 Å². The van der Waals surface area contributed by atoms with Gasteiger partial charge in [0.2, 0.25) is 0 Å². The summed E-state index contributed by atoms with van der Waals surface area (Å²) in [6, 6.07) is 16.8.